The zero-order chi connectivity index (χ0) is 13.8. The number of rotatable bonds is 3. The van der Waals surface area contributed by atoms with Gasteiger partial charge in [-0.2, -0.15) is 0 Å². The van der Waals surface area contributed by atoms with Crippen molar-refractivity contribution in [3.05, 3.63) is 24.2 Å². The molecule has 1 fully saturated rings. The molecule has 0 aromatic carbocycles. The van der Waals surface area contributed by atoms with Gasteiger partial charge in [0.25, 0.3) is 5.91 Å². The number of hydrogen-bond donors (Lipinski definition) is 1. The van der Waals surface area contributed by atoms with Gasteiger partial charge >= 0.3 is 0 Å². The maximum Gasteiger partial charge on any atom is 0.287 e. The molecule has 6 nitrogen and oxygen atoms in total. The Kier molecular flexibility index (Phi) is 4.21. The Labute approximate surface area is 111 Å². The van der Waals surface area contributed by atoms with E-state index in [0.717, 1.165) is 0 Å². The molecule has 1 aliphatic rings. The van der Waals surface area contributed by atoms with Gasteiger partial charge in [0.2, 0.25) is 5.91 Å². The fourth-order valence-corrected chi connectivity index (χ4v) is 2.14. The Bertz CT molecular complexity index is 434. The fraction of sp³-hybridized carbons (Fsp3) is 0.538. The van der Waals surface area contributed by atoms with Gasteiger partial charge in [0.1, 0.15) is 0 Å². The van der Waals surface area contributed by atoms with Crippen LogP contribution in [0.2, 0.25) is 0 Å². The fourth-order valence-electron chi connectivity index (χ4n) is 2.14. The molecule has 1 N–H and O–H groups in total. The van der Waals surface area contributed by atoms with Crippen LogP contribution in [-0.4, -0.2) is 48.6 Å². The first kappa shape index (κ1) is 13.6. The van der Waals surface area contributed by atoms with Crippen molar-refractivity contribution < 1.29 is 18.7 Å². The van der Waals surface area contributed by atoms with Gasteiger partial charge in [-0.25, -0.2) is 0 Å². The van der Waals surface area contributed by atoms with Crippen molar-refractivity contribution in [2.75, 3.05) is 19.6 Å². The van der Waals surface area contributed by atoms with Gasteiger partial charge in [0.15, 0.2) is 5.76 Å². The molecular formula is C13H18N2O4. The van der Waals surface area contributed by atoms with Crippen molar-refractivity contribution in [2.24, 2.45) is 0 Å². The Morgan fingerprint density at radius 3 is 2.63 bits per heavy atom. The Morgan fingerprint density at radius 2 is 2.05 bits per heavy atom. The summed E-state index contributed by atoms with van der Waals surface area (Å²) in [5.74, 6) is -0.286. The van der Waals surface area contributed by atoms with Gasteiger partial charge in [0.05, 0.1) is 25.0 Å². The van der Waals surface area contributed by atoms with Crippen LogP contribution in [0.25, 0.3) is 0 Å². The lowest BCUT2D eigenvalue weighted by molar-refractivity contribution is -0.142. The molecule has 0 spiro atoms. The second-order valence-corrected chi connectivity index (χ2v) is 4.72. The molecule has 104 valence electrons. The van der Waals surface area contributed by atoms with Crippen LogP contribution < -0.4 is 5.32 Å². The molecule has 0 aliphatic carbocycles. The van der Waals surface area contributed by atoms with E-state index in [2.05, 4.69) is 5.32 Å². The summed E-state index contributed by atoms with van der Waals surface area (Å²) in [4.78, 5) is 25.3. The van der Waals surface area contributed by atoms with Crippen LogP contribution in [0.5, 0.6) is 0 Å². The highest BCUT2D eigenvalue weighted by Gasteiger charge is 2.25. The molecule has 2 unspecified atom stereocenters. The molecule has 0 saturated carbocycles. The molecule has 0 bridgehead atoms. The highest BCUT2D eigenvalue weighted by Crippen LogP contribution is 2.10. The second kappa shape index (κ2) is 5.88. The van der Waals surface area contributed by atoms with Gasteiger partial charge in [-0.3, -0.25) is 9.59 Å². The molecule has 0 radical (unpaired) electrons. The van der Waals surface area contributed by atoms with Gasteiger partial charge < -0.3 is 19.4 Å². The third-order valence-electron chi connectivity index (χ3n) is 2.92. The van der Waals surface area contributed by atoms with Crippen LogP contribution in [0.15, 0.2) is 22.8 Å². The number of nitrogens with zero attached hydrogens (tertiary/aromatic N) is 1. The van der Waals surface area contributed by atoms with E-state index in [9.17, 15) is 9.59 Å². The van der Waals surface area contributed by atoms with Crippen molar-refractivity contribution in [2.45, 2.75) is 26.1 Å². The van der Waals surface area contributed by atoms with E-state index < -0.39 is 0 Å². The summed E-state index contributed by atoms with van der Waals surface area (Å²) in [6.07, 6.45) is 1.46. The lowest BCUT2D eigenvalue weighted by atomic mass is 10.2. The van der Waals surface area contributed by atoms with Crippen molar-refractivity contribution in [3.8, 4) is 0 Å². The molecule has 1 saturated heterocycles. The van der Waals surface area contributed by atoms with E-state index in [0.29, 0.717) is 13.1 Å². The predicted molar refractivity (Wildman–Crippen MR) is 67.6 cm³/mol. The number of nitrogens with one attached hydrogen (secondary N) is 1. The molecule has 2 rings (SSSR count). The lowest BCUT2D eigenvalue weighted by Gasteiger charge is -2.35. The summed E-state index contributed by atoms with van der Waals surface area (Å²) in [7, 11) is 0. The van der Waals surface area contributed by atoms with Gasteiger partial charge in [0, 0.05) is 13.1 Å². The zero-order valence-electron chi connectivity index (χ0n) is 11.1. The minimum absolute atomic E-state index is 0.0217. The topological polar surface area (TPSA) is 71.8 Å². The molecule has 19 heavy (non-hydrogen) atoms. The Morgan fingerprint density at radius 1 is 1.37 bits per heavy atom. The van der Waals surface area contributed by atoms with Crippen molar-refractivity contribution in [1.82, 2.24) is 10.2 Å². The van der Waals surface area contributed by atoms with Crippen molar-refractivity contribution in [1.29, 1.82) is 0 Å². The van der Waals surface area contributed by atoms with E-state index in [1.54, 1.807) is 17.0 Å². The van der Waals surface area contributed by atoms with Gasteiger partial charge in [-0.1, -0.05) is 0 Å². The van der Waals surface area contributed by atoms with E-state index in [4.69, 9.17) is 9.15 Å². The standard InChI is InChI=1S/C13H18N2O4/c1-9-7-15(8-10(2)19-9)12(16)6-14-13(17)11-4-3-5-18-11/h3-5,9-10H,6-8H2,1-2H3,(H,14,17). The summed E-state index contributed by atoms with van der Waals surface area (Å²) in [6, 6.07) is 3.18. The molecule has 1 aromatic heterocycles. The number of ether oxygens (including phenoxy) is 1. The van der Waals surface area contributed by atoms with Crippen LogP contribution in [0, 0.1) is 0 Å². The summed E-state index contributed by atoms with van der Waals surface area (Å²) in [5.41, 5.74) is 0. The Hall–Kier alpha value is -1.82. The monoisotopic (exact) mass is 266 g/mol. The molecular weight excluding hydrogens is 248 g/mol. The molecule has 1 aromatic rings. The zero-order valence-corrected chi connectivity index (χ0v) is 11.1. The van der Waals surface area contributed by atoms with E-state index in [1.165, 1.54) is 6.26 Å². The number of furan rings is 1. The summed E-state index contributed by atoms with van der Waals surface area (Å²) in [6.45, 7) is 4.94. The SMILES string of the molecule is CC1CN(C(=O)CNC(=O)c2ccco2)CC(C)O1. The van der Waals surface area contributed by atoms with Gasteiger partial charge in [-0.05, 0) is 26.0 Å². The van der Waals surface area contributed by atoms with Gasteiger partial charge in [-0.15, -0.1) is 0 Å². The molecule has 1 aliphatic heterocycles. The average molecular weight is 266 g/mol. The summed E-state index contributed by atoms with van der Waals surface area (Å²) in [5, 5.41) is 2.55. The number of morpholine rings is 1. The third-order valence-corrected chi connectivity index (χ3v) is 2.92. The molecule has 2 heterocycles. The molecule has 6 heteroatoms. The van der Waals surface area contributed by atoms with E-state index in [1.807, 2.05) is 13.8 Å². The highest BCUT2D eigenvalue weighted by molar-refractivity contribution is 5.94. The van der Waals surface area contributed by atoms with Crippen molar-refractivity contribution in [3.63, 3.8) is 0 Å². The van der Waals surface area contributed by atoms with Crippen LogP contribution >= 0.6 is 0 Å². The predicted octanol–water partition coefficient (Wildman–Crippen LogP) is 0.645. The number of hydrogen-bond acceptors (Lipinski definition) is 4. The minimum atomic E-state index is -0.382. The smallest absolute Gasteiger partial charge is 0.287 e. The van der Waals surface area contributed by atoms with Crippen LogP contribution in [-0.2, 0) is 9.53 Å². The van der Waals surface area contributed by atoms with Crippen LogP contribution in [0.4, 0.5) is 0 Å². The maximum atomic E-state index is 12.0. The second-order valence-electron chi connectivity index (χ2n) is 4.72. The van der Waals surface area contributed by atoms with Crippen LogP contribution in [0.3, 0.4) is 0 Å². The molecule has 2 atom stereocenters. The third kappa shape index (κ3) is 3.57. The largest absolute Gasteiger partial charge is 0.459 e. The van der Waals surface area contributed by atoms with E-state index in [-0.39, 0.29) is 36.3 Å². The first-order valence-corrected chi connectivity index (χ1v) is 6.31. The van der Waals surface area contributed by atoms with Crippen LogP contribution in [0.1, 0.15) is 24.4 Å². The Balaban J connectivity index is 1.82. The maximum absolute atomic E-state index is 12.0. The summed E-state index contributed by atoms with van der Waals surface area (Å²) >= 11 is 0. The lowest BCUT2D eigenvalue weighted by Crippen LogP contribution is -2.51. The van der Waals surface area contributed by atoms with Crippen molar-refractivity contribution >= 4 is 11.8 Å². The quantitative estimate of drug-likeness (QED) is 0.871. The normalized spacial score (nSPS) is 23.2. The number of carbonyl (C=O) groups excluding carboxylic acids is 2. The number of amides is 2. The first-order chi connectivity index (χ1) is 9.06. The highest BCUT2D eigenvalue weighted by atomic mass is 16.5. The van der Waals surface area contributed by atoms with E-state index >= 15 is 0 Å². The summed E-state index contributed by atoms with van der Waals surface area (Å²) < 4.78 is 10.5. The molecule has 2 amide bonds. The first-order valence-electron chi connectivity index (χ1n) is 6.31. The average Bonchev–Trinajstić information content (AvgIpc) is 2.88. The number of carbonyl (C=O) groups is 2. The minimum Gasteiger partial charge on any atom is -0.459 e.